The minimum absolute atomic E-state index is 0.0422. The van der Waals surface area contributed by atoms with Gasteiger partial charge in [-0.15, -0.1) is 0 Å². The molecule has 0 aromatic rings. The van der Waals surface area contributed by atoms with Crippen molar-refractivity contribution in [3.05, 3.63) is 6.42 Å². The van der Waals surface area contributed by atoms with Gasteiger partial charge in [0.05, 0.1) is 32.7 Å². The molecule has 1 atom stereocenters. The predicted molar refractivity (Wildman–Crippen MR) is 60.1 cm³/mol. The molecule has 2 N–H and O–H groups in total. The molecular formula is C11H17N2O5. The normalized spacial score (nSPS) is 29.2. The molecular weight excluding hydrogens is 240 g/mol. The summed E-state index contributed by atoms with van der Waals surface area (Å²) in [6, 6.07) is 0. The Morgan fingerprint density at radius 3 is 2.78 bits per heavy atom. The number of rotatable bonds is 5. The van der Waals surface area contributed by atoms with Crippen LogP contribution in [0.4, 0.5) is 0 Å². The van der Waals surface area contributed by atoms with Crippen LogP contribution in [-0.4, -0.2) is 62.0 Å². The molecule has 0 aromatic carbocycles. The lowest BCUT2D eigenvalue weighted by Gasteiger charge is -2.29. The molecule has 2 rings (SSSR count). The predicted octanol–water partition coefficient (Wildman–Crippen LogP) is -1.33. The third-order valence-electron chi connectivity index (χ3n) is 2.97. The van der Waals surface area contributed by atoms with Crippen molar-refractivity contribution in [3.8, 4) is 0 Å². The highest BCUT2D eigenvalue weighted by Gasteiger charge is 2.47. The molecule has 0 saturated carbocycles. The summed E-state index contributed by atoms with van der Waals surface area (Å²) in [6.07, 6.45) is 1.41. The number of morpholine rings is 1. The Bertz CT molecular complexity index is 329. The van der Waals surface area contributed by atoms with Crippen LogP contribution in [0.5, 0.6) is 0 Å². The van der Waals surface area contributed by atoms with E-state index in [1.807, 2.05) is 0 Å². The maximum absolute atomic E-state index is 11.3. The van der Waals surface area contributed by atoms with Crippen molar-refractivity contribution in [2.45, 2.75) is 12.2 Å². The first-order chi connectivity index (χ1) is 8.62. The molecule has 2 heterocycles. The number of carbonyl (C=O) groups excluding carboxylic acids is 2. The van der Waals surface area contributed by atoms with E-state index in [0.717, 1.165) is 13.1 Å². The zero-order valence-corrected chi connectivity index (χ0v) is 10.1. The van der Waals surface area contributed by atoms with Crippen LogP contribution in [0.15, 0.2) is 0 Å². The van der Waals surface area contributed by atoms with Crippen molar-refractivity contribution in [2.24, 2.45) is 5.73 Å². The van der Waals surface area contributed by atoms with Crippen LogP contribution < -0.4 is 5.73 Å². The monoisotopic (exact) mass is 257 g/mol. The van der Waals surface area contributed by atoms with Crippen LogP contribution in [0, 0.1) is 6.42 Å². The largest absolute Gasteiger partial charge is 0.423 e. The van der Waals surface area contributed by atoms with E-state index < -0.39 is 17.7 Å². The molecule has 2 fully saturated rings. The Morgan fingerprint density at radius 1 is 1.50 bits per heavy atom. The van der Waals surface area contributed by atoms with E-state index in [9.17, 15) is 9.59 Å². The lowest BCUT2D eigenvalue weighted by molar-refractivity contribution is -0.203. The van der Waals surface area contributed by atoms with Gasteiger partial charge in [0, 0.05) is 19.6 Å². The van der Waals surface area contributed by atoms with Crippen LogP contribution >= 0.6 is 0 Å². The van der Waals surface area contributed by atoms with Gasteiger partial charge in [0.1, 0.15) is 0 Å². The second kappa shape index (κ2) is 5.64. The van der Waals surface area contributed by atoms with E-state index in [-0.39, 0.29) is 13.0 Å². The minimum atomic E-state index is -1.68. The molecule has 2 aliphatic rings. The maximum atomic E-state index is 11.3. The average molecular weight is 257 g/mol. The summed E-state index contributed by atoms with van der Waals surface area (Å²) in [7, 11) is 0. The Kier molecular flexibility index (Phi) is 4.15. The molecule has 1 amide bonds. The van der Waals surface area contributed by atoms with Crippen LogP contribution in [0.1, 0.15) is 6.42 Å². The van der Waals surface area contributed by atoms with Gasteiger partial charge in [-0.2, -0.15) is 0 Å². The summed E-state index contributed by atoms with van der Waals surface area (Å²) >= 11 is 0. The molecule has 0 aromatic heterocycles. The van der Waals surface area contributed by atoms with E-state index in [1.54, 1.807) is 0 Å². The quantitative estimate of drug-likeness (QED) is 0.613. The zero-order valence-electron chi connectivity index (χ0n) is 10.1. The van der Waals surface area contributed by atoms with Crippen molar-refractivity contribution in [1.29, 1.82) is 0 Å². The third kappa shape index (κ3) is 2.98. The van der Waals surface area contributed by atoms with Gasteiger partial charge in [-0.3, -0.25) is 14.5 Å². The summed E-state index contributed by atoms with van der Waals surface area (Å²) < 4.78 is 15.5. The smallest absolute Gasteiger partial charge is 0.309 e. The lowest BCUT2D eigenvalue weighted by atomic mass is 10.2. The first-order valence-corrected chi connectivity index (χ1v) is 5.92. The zero-order chi connectivity index (χ0) is 13.0. The molecule has 1 unspecified atom stereocenters. The first-order valence-electron chi connectivity index (χ1n) is 5.92. The molecule has 7 heteroatoms. The Morgan fingerprint density at radius 2 is 2.22 bits per heavy atom. The SMILES string of the molecule is NC(=O)C1(OCCN2CCOCC2)[CH]CC(=O)O1. The average Bonchev–Trinajstić information content (AvgIpc) is 2.74. The maximum Gasteiger partial charge on any atom is 0.309 e. The molecule has 101 valence electrons. The third-order valence-corrected chi connectivity index (χ3v) is 2.97. The van der Waals surface area contributed by atoms with Crippen molar-refractivity contribution in [1.82, 2.24) is 4.90 Å². The molecule has 2 aliphatic heterocycles. The van der Waals surface area contributed by atoms with Crippen LogP contribution in [0.3, 0.4) is 0 Å². The van der Waals surface area contributed by atoms with Crippen LogP contribution in [0.2, 0.25) is 0 Å². The number of amides is 1. The fourth-order valence-corrected chi connectivity index (χ4v) is 1.93. The minimum Gasteiger partial charge on any atom is -0.423 e. The molecule has 18 heavy (non-hydrogen) atoms. The van der Waals surface area contributed by atoms with Gasteiger partial charge in [0.15, 0.2) is 0 Å². The number of nitrogens with two attached hydrogens (primary N) is 1. The fourth-order valence-electron chi connectivity index (χ4n) is 1.93. The fraction of sp³-hybridized carbons (Fsp3) is 0.727. The van der Waals surface area contributed by atoms with Crippen molar-refractivity contribution in [3.63, 3.8) is 0 Å². The number of cyclic esters (lactones) is 1. The molecule has 0 spiro atoms. The van der Waals surface area contributed by atoms with Gasteiger partial charge in [0.2, 0.25) is 0 Å². The van der Waals surface area contributed by atoms with Gasteiger partial charge in [-0.05, 0) is 0 Å². The number of esters is 1. The van der Waals surface area contributed by atoms with Gasteiger partial charge in [0.25, 0.3) is 11.7 Å². The second-order valence-electron chi connectivity index (χ2n) is 4.22. The van der Waals surface area contributed by atoms with Crippen molar-refractivity contribution < 1.29 is 23.8 Å². The topological polar surface area (TPSA) is 91.1 Å². The molecule has 0 bridgehead atoms. The number of hydrogen-bond donors (Lipinski definition) is 1. The van der Waals surface area contributed by atoms with E-state index >= 15 is 0 Å². The standard InChI is InChI=1S/C11H17N2O5/c12-10(15)11(2-1-9(14)18-11)17-8-5-13-3-6-16-7-4-13/h2H,1,3-8H2,(H2,12,15). The summed E-state index contributed by atoms with van der Waals surface area (Å²) in [5.74, 6) is -2.97. The van der Waals surface area contributed by atoms with E-state index in [2.05, 4.69) is 4.90 Å². The molecule has 7 nitrogen and oxygen atoms in total. The number of hydrogen-bond acceptors (Lipinski definition) is 6. The van der Waals surface area contributed by atoms with Gasteiger partial charge in [-0.1, -0.05) is 0 Å². The van der Waals surface area contributed by atoms with Crippen molar-refractivity contribution >= 4 is 11.9 Å². The van der Waals surface area contributed by atoms with Gasteiger partial charge >= 0.3 is 5.97 Å². The number of carbonyl (C=O) groups is 2. The Balaban J connectivity index is 1.79. The van der Waals surface area contributed by atoms with E-state index in [4.69, 9.17) is 19.9 Å². The summed E-state index contributed by atoms with van der Waals surface area (Å²) in [5, 5.41) is 0. The lowest BCUT2D eigenvalue weighted by Crippen LogP contribution is -2.48. The highest BCUT2D eigenvalue weighted by Crippen LogP contribution is 2.26. The van der Waals surface area contributed by atoms with Crippen LogP contribution in [0.25, 0.3) is 0 Å². The molecule has 2 saturated heterocycles. The van der Waals surface area contributed by atoms with Gasteiger partial charge in [-0.25, -0.2) is 0 Å². The number of ether oxygens (including phenoxy) is 3. The van der Waals surface area contributed by atoms with Gasteiger partial charge < -0.3 is 19.9 Å². The molecule has 0 aliphatic carbocycles. The summed E-state index contributed by atoms with van der Waals surface area (Å²) in [6.45, 7) is 3.97. The van der Waals surface area contributed by atoms with E-state index in [0.29, 0.717) is 19.8 Å². The van der Waals surface area contributed by atoms with Crippen LogP contribution in [-0.2, 0) is 23.8 Å². The van der Waals surface area contributed by atoms with Crippen molar-refractivity contribution in [2.75, 3.05) is 39.5 Å². The Labute approximate surface area is 105 Å². The highest BCUT2D eigenvalue weighted by molar-refractivity contribution is 5.90. The Hall–Kier alpha value is -1.18. The second-order valence-corrected chi connectivity index (χ2v) is 4.22. The number of primary amides is 1. The summed E-state index contributed by atoms with van der Waals surface area (Å²) in [5.41, 5.74) is 5.21. The highest BCUT2D eigenvalue weighted by atomic mass is 16.7. The van der Waals surface area contributed by atoms with E-state index in [1.165, 1.54) is 6.42 Å². The molecule has 1 radical (unpaired) electrons. The first kappa shape index (κ1) is 13.3. The number of nitrogens with zero attached hydrogens (tertiary/aromatic N) is 1. The summed E-state index contributed by atoms with van der Waals surface area (Å²) in [4.78, 5) is 24.5.